The summed E-state index contributed by atoms with van der Waals surface area (Å²) >= 11 is 1.84. The molecule has 1 aliphatic rings. The first kappa shape index (κ1) is 18.6. The van der Waals surface area contributed by atoms with Crippen LogP contribution in [0.1, 0.15) is 47.9 Å². The molecule has 0 spiro atoms. The second-order valence-electron chi connectivity index (χ2n) is 7.01. The van der Waals surface area contributed by atoms with Crippen molar-refractivity contribution >= 4 is 17.7 Å². The predicted octanol–water partition coefficient (Wildman–Crippen LogP) is 3.98. The number of rotatable bonds is 5. The van der Waals surface area contributed by atoms with Crippen molar-refractivity contribution in [2.45, 2.75) is 36.7 Å². The average molecular weight is 374 g/mol. The van der Waals surface area contributed by atoms with Crippen LogP contribution in [0.4, 0.5) is 0 Å². The zero-order valence-corrected chi connectivity index (χ0v) is 15.5. The lowest BCUT2D eigenvalue weighted by Gasteiger charge is -2.33. The van der Waals surface area contributed by atoms with Gasteiger partial charge in [0, 0.05) is 11.0 Å². The summed E-state index contributed by atoms with van der Waals surface area (Å²) in [6.45, 7) is 4.20. The summed E-state index contributed by atoms with van der Waals surface area (Å²) in [5, 5.41) is 28.6. The lowest BCUT2D eigenvalue weighted by molar-refractivity contribution is 0.0693. The van der Waals surface area contributed by atoms with E-state index in [-0.39, 0.29) is 23.3 Å². The lowest BCUT2D eigenvalue weighted by Crippen LogP contribution is -2.23. The largest absolute Gasteiger partial charge is 0.507 e. The van der Waals surface area contributed by atoms with Gasteiger partial charge in [-0.1, -0.05) is 26.0 Å². The molecule has 0 saturated carbocycles. The van der Waals surface area contributed by atoms with E-state index in [4.69, 9.17) is 9.84 Å². The Balaban J connectivity index is 1.88. The minimum absolute atomic E-state index is 0.0675. The fourth-order valence-electron chi connectivity index (χ4n) is 3.09. The number of aliphatic hydroxyl groups is 1. The minimum atomic E-state index is -1.21. The van der Waals surface area contributed by atoms with E-state index in [1.165, 1.54) is 28.7 Å². The van der Waals surface area contributed by atoms with Crippen LogP contribution in [0, 0.1) is 0 Å². The van der Waals surface area contributed by atoms with Crippen LogP contribution >= 0.6 is 11.8 Å². The number of carboxylic acids is 1. The smallest absolute Gasteiger partial charge is 0.339 e. The molecule has 6 heteroatoms. The van der Waals surface area contributed by atoms with Crippen molar-refractivity contribution in [3.8, 4) is 11.5 Å². The maximum Gasteiger partial charge on any atom is 0.339 e. The topological polar surface area (TPSA) is 87.0 Å². The monoisotopic (exact) mass is 374 g/mol. The van der Waals surface area contributed by atoms with Crippen molar-refractivity contribution in [2.75, 3.05) is 12.4 Å². The molecule has 1 aliphatic heterocycles. The van der Waals surface area contributed by atoms with Crippen LogP contribution in [0.15, 0.2) is 41.3 Å². The molecule has 26 heavy (non-hydrogen) atoms. The van der Waals surface area contributed by atoms with E-state index >= 15 is 0 Å². The van der Waals surface area contributed by atoms with E-state index in [1.807, 2.05) is 17.8 Å². The Morgan fingerprint density at radius 1 is 1.27 bits per heavy atom. The summed E-state index contributed by atoms with van der Waals surface area (Å²) in [5.41, 5.74) is 1.98. The first-order valence-corrected chi connectivity index (χ1v) is 9.41. The van der Waals surface area contributed by atoms with Crippen molar-refractivity contribution in [3.05, 3.63) is 53.1 Å². The van der Waals surface area contributed by atoms with Gasteiger partial charge in [-0.05, 0) is 46.9 Å². The lowest BCUT2D eigenvalue weighted by atomic mass is 9.81. The summed E-state index contributed by atoms with van der Waals surface area (Å²) in [4.78, 5) is 12.2. The highest BCUT2D eigenvalue weighted by Crippen LogP contribution is 2.42. The zero-order valence-electron chi connectivity index (χ0n) is 14.7. The normalized spacial score (nSPS) is 16.6. The summed E-state index contributed by atoms with van der Waals surface area (Å²) in [6.07, 6.45) is 0.488. The van der Waals surface area contributed by atoms with Gasteiger partial charge < -0.3 is 20.1 Å². The van der Waals surface area contributed by atoms with Gasteiger partial charge in [-0.15, -0.1) is 11.8 Å². The molecule has 2 aromatic rings. The van der Waals surface area contributed by atoms with Crippen LogP contribution in [-0.4, -0.2) is 33.6 Å². The Kier molecular flexibility index (Phi) is 5.16. The Morgan fingerprint density at radius 2 is 2.04 bits per heavy atom. The van der Waals surface area contributed by atoms with Crippen molar-refractivity contribution in [1.82, 2.24) is 0 Å². The van der Waals surface area contributed by atoms with Gasteiger partial charge in [0.25, 0.3) is 0 Å². The number of hydrogen-bond acceptors (Lipinski definition) is 5. The van der Waals surface area contributed by atoms with E-state index < -0.39 is 12.1 Å². The minimum Gasteiger partial charge on any atom is -0.507 e. The molecule has 0 radical (unpaired) electrons. The SMILES string of the molecule is CC1(C)CCSc2ccc(C(CO)Oc3ccc(C(=O)O)c(O)c3)cc21. The van der Waals surface area contributed by atoms with Gasteiger partial charge in [-0.2, -0.15) is 0 Å². The molecular weight excluding hydrogens is 352 g/mol. The number of aromatic hydroxyl groups is 1. The number of aliphatic hydroxyl groups excluding tert-OH is 1. The molecule has 1 unspecified atom stereocenters. The molecule has 2 aromatic carbocycles. The molecule has 0 saturated heterocycles. The van der Waals surface area contributed by atoms with Gasteiger partial charge in [0.1, 0.15) is 23.2 Å². The third-order valence-corrected chi connectivity index (χ3v) is 5.81. The Hall–Kier alpha value is -2.18. The number of fused-ring (bicyclic) bond motifs is 1. The van der Waals surface area contributed by atoms with E-state index in [2.05, 4.69) is 26.0 Å². The molecule has 0 amide bonds. The molecule has 138 valence electrons. The predicted molar refractivity (Wildman–Crippen MR) is 100 cm³/mol. The van der Waals surface area contributed by atoms with Crippen LogP contribution in [0.3, 0.4) is 0 Å². The number of thioether (sulfide) groups is 1. The van der Waals surface area contributed by atoms with Crippen molar-refractivity contribution in [2.24, 2.45) is 0 Å². The fraction of sp³-hybridized carbons (Fsp3) is 0.350. The third-order valence-electron chi connectivity index (χ3n) is 4.73. The van der Waals surface area contributed by atoms with E-state index in [1.54, 1.807) is 0 Å². The van der Waals surface area contributed by atoms with E-state index in [9.17, 15) is 15.0 Å². The average Bonchev–Trinajstić information content (AvgIpc) is 2.59. The molecule has 1 heterocycles. The van der Waals surface area contributed by atoms with Crippen molar-refractivity contribution in [1.29, 1.82) is 0 Å². The van der Waals surface area contributed by atoms with Crippen LogP contribution in [0.2, 0.25) is 0 Å². The molecule has 3 N–H and O–H groups in total. The quantitative estimate of drug-likeness (QED) is 0.734. The van der Waals surface area contributed by atoms with Gasteiger partial charge in [-0.25, -0.2) is 4.79 Å². The standard InChI is InChI=1S/C20H22O5S/c1-20(2)7-8-26-18-6-3-12(9-15(18)20)17(11-21)25-13-4-5-14(19(23)24)16(22)10-13/h3-6,9-10,17,21-22H,7-8,11H2,1-2H3,(H,23,24). The molecule has 1 atom stereocenters. The molecule has 3 rings (SSSR count). The highest BCUT2D eigenvalue weighted by atomic mass is 32.2. The molecule has 5 nitrogen and oxygen atoms in total. The van der Waals surface area contributed by atoms with E-state index in [0.29, 0.717) is 5.75 Å². The van der Waals surface area contributed by atoms with Crippen molar-refractivity contribution in [3.63, 3.8) is 0 Å². The van der Waals surface area contributed by atoms with Crippen LogP contribution in [-0.2, 0) is 5.41 Å². The first-order chi connectivity index (χ1) is 12.3. The Labute approximate surface area is 156 Å². The van der Waals surface area contributed by atoms with Crippen LogP contribution < -0.4 is 4.74 Å². The number of hydrogen-bond donors (Lipinski definition) is 3. The zero-order chi connectivity index (χ0) is 18.9. The van der Waals surface area contributed by atoms with Gasteiger partial charge in [0.05, 0.1) is 6.61 Å². The Morgan fingerprint density at radius 3 is 2.69 bits per heavy atom. The first-order valence-electron chi connectivity index (χ1n) is 8.43. The maximum atomic E-state index is 11.0. The van der Waals surface area contributed by atoms with Crippen LogP contribution in [0.25, 0.3) is 0 Å². The second kappa shape index (κ2) is 7.21. The molecular formula is C20H22O5S. The molecule has 0 bridgehead atoms. The van der Waals surface area contributed by atoms with Gasteiger partial charge in [-0.3, -0.25) is 0 Å². The number of carbonyl (C=O) groups is 1. The highest BCUT2D eigenvalue weighted by molar-refractivity contribution is 7.99. The summed E-state index contributed by atoms with van der Waals surface area (Å²) in [5.74, 6) is -0.177. The van der Waals surface area contributed by atoms with Crippen LogP contribution in [0.5, 0.6) is 11.5 Å². The molecule has 0 fully saturated rings. The second-order valence-corrected chi connectivity index (χ2v) is 8.15. The third kappa shape index (κ3) is 3.66. The highest BCUT2D eigenvalue weighted by Gasteiger charge is 2.29. The fourth-order valence-corrected chi connectivity index (χ4v) is 4.58. The summed E-state index contributed by atoms with van der Waals surface area (Å²) in [6, 6.07) is 10.1. The number of benzene rings is 2. The van der Waals surface area contributed by atoms with Gasteiger partial charge in [0.15, 0.2) is 0 Å². The maximum absolute atomic E-state index is 11.0. The van der Waals surface area contributed by atoms with Gasteiger partial charge in [0.2, 0.25) is 0 Å². The number of aromatic carboxylic acids is 1. The van der Waals surface area contributed by atoms with Gasteiger partial charge >= 0.3 is 5.97 Å². The summed E-state index contributed by atoms with van der Waals surface area (Å²) in [7, 11) is 0. The van der Waals surface area contributed by atoms with Crippen molar-refractivity contribution < 1.29 is 24.9 Å². The number of ether oxygens (including phenoxy) is 1. The molecule has 0 aromatic heterocycles. The number of carboxylic acid groups (broad SMARTS) is 1. The summed E-state index contributed by atoms with van der Waals surface area (Å²) < 4.78 is 5.81. The number of phenols is 1. The Bertz CT molecular complexity index is 831. The molecule has 0 aliphatic carbocycles. The van der Waals surface area contributed by atoms with E-state index in [0.717, 1.165) is 17.7 Å².